The number of carboxylic acid groups (broad SMARTS) is 2. The lowest BCUT2D eigenvalue weighted by Crippen LogP contribution is -2.57. The second-order valence-electron chi connectivity index (χ2n) is 34.1. The Kier molecular flexibility index (Phi) is 29.2. The molecule has 2 aliphatic heterocycles. The lowest BCUT2D eigenvalue weighted by atomic mass is 9.63. The average molecular weight is 1280 g/mol. The molecule has 0 aromatic heterocycles. The molecule has 0 radical (unpaired) electrons. The molecule has 25 heteroatoms. The predicted octanol–water partition coefficient (Wildman–Crippen LogP) is 7.67. The lowest BCUT2D eigenvalue weighted by molar-refractivity contribution is -0.147. The summed E-state index contributed by atoms with van der Waals surface area (Å²) in [5, 5.41) is 60.5. The maximum Gasteiger partial charge on any atom is 0.457 e. The van der Waals surface area contributed by atoms with Gasteiger partial charge in [-0.25, -0.2) is 0 Å². The highest BCUT2D eigenvalue weighted by Crippen LogP contribution is 2.48. The number of carbonyl (C=O) groups excluding carboxylic acids is 2. The molecule has 0 aromatic carbocycles. The van der Waals surface area contributed by atoms with E-state index in [4.69, 9.17) is 50.2 Å². The van der Waals surface area contributed by atoms with Crippen molar-refractivity contribution >= 4 is 52.2 Å². The first-order valence-electron chi connectivity index (χ1n) is 33.8. The third kappa shape index (κ3) is 24.7. The summed E-state index contributed by atoms with van der Waals surface area (Å²) < 4.78 is 24.7. The van der Waals surface area contributed by atoms with Crippen LogP contribution >= 0.6 is 0 Å². The zero-order valence-electron chi connectivity index (χ0n) is 60.5. The number of aliphatic carboxylic acids is 2. The van der Waals surface area contributed by atoms with Crippen LogP contribution in [0, 0.1) is 40.4 Å². The zero-order chi connectivity index (χ0) is 69.4. The Hall–Kier alpha value is -2.38. The van der Waals surface area contributed by atoms with Gasteiger partial charge in [0.2, 0.25) is 11.8 Å². The highest BCUT2D eigenvalue weighted by Gasteiger charge is 2.54. The monoisotopic (exact) mass is 1280 g/mol. The van der Waals surface area contributed by atoms with E-state index in [1.165, 1.54) is 6.42 Å². The van der Waals surface area contributed by atoms with Crippen LogP contribution in [0.5, 0.6) is 0 Å². The minimum absolute atomic E-state index is 0.119. The molecule has 6 rings (SSSR count). The topological polar surface area (TPSA) is 312 Å². The Morgan fingerprint density at radius 1 is 0.467 bits per heavy atom. The molecule has 4 aliphatic carbocycles. The van der Waals surface area contributed by atoms with Crippen LogP contribution in [0.2, 0.25) is 25.3 Å². The molecule has 90 heavy (non-hydrogen) atoms. The Morgan fingerprint density at radius 2 is 0.744 bits per heavy atom. The first-order valence-corrected chi connectivity index (χ1v) is 33.8. The van der Waals surface area contributed by atoms with Crippen molar-refractivity contribution in [1.82, 2.24) is 25.3 Å². The summed E-state index contributed by atoms with van der Waals surface area (Å²) in [7, 11) is 8.96. The summed E-state index contributed by atoms with van der Waals surface area (Å²) in [4.78, 5) is 54.8. The van der Waals surface area contributed by atoms with E-state index in [1.807, 2.05) is 38.0 Å². The fourth-order valence-corrected chi connectivity index (χ4v) is 14.6. The molecule has 0 spiro atoms. The Bertz CT molecular complexity index is 2220. The minimum atomic E-state index is -1.33. The smallest absolute Gasteiger partial charge is 0.457 e. The molecule has 0 bridgehead atoms. The van der Waals surface area contributed by atoms with Gasteiger partial charge >= 0.3 is 40.4 Å². The highest BCUT2D eigenvalue weighted by molar-refractivity contribution is 6.45. The van der Waals surface area contributed by atoms with E-state index in [2.05, 4.69) is 147 Å². The molecule has 2 heterocycles. The number of hydrogen-bond donors (Lipinski definition) is 10. The number of nitrogens with one attached hydrogen (secondary N) is 2. The largest absolute Gasteiger partial charge is 0.480 e. The molecule has 12 N–H and O–H groups in total. The lowest BCUT2D eigenvalue weighted by Gasteiger charge is -2.44. The number of carboxylic acids is 2. The van der Waals surface area contributed by atoms with Crippen molar-refractivity contribution in [3.05, 3.63) is 0 Å². The number of hydrogen-bond acceptors (Lipinski definition) is 17. The van der Waals surface area contributed by atoms with Crippen molar-refractivity contribution in [3.8, 4) is 0 Å². The van der Waals surface area contributed by atoms with Gasteiger partial charge in [0, 0.05) is 40.0 Å². The summed E-state index contributed by atoms with van der Waals surface area (Å²) in [6, 6.07) is 0.675. The summed E-state index contributed by atoms with van der Waals surface area (Å²) >= 11 is 0. The maximum atomic E-state index is 13.1. The average Bonchev–Trinajstić information content (AvgIpc) is 1.55. The molecule has 21 nitrogen and oxygen atoms in total. The quantitative estimate of drug-likeness (QED) is 0.0555. The molecule has 0 aromatic rings. The standard InChI is InChI=1S/C22H43BN2O3.C21H40BNO3.2C11H23BN2O4/c1-19(2,3)24-18(26)22(8)14-16(13-17(15-22)25(9)10)11-12-23-27-20(4,5)21(6,7)28-23;1-15-12-16(10-11-22-25-19(5,6)20(7,8)26-22)14-21(9,13-15)17(24)23-18(2,3)4;2*1-14(2)9-5-8(3-4-12(17)18)6-11(13,7-9)10(15)16/h16-17H,11-15H2,1-10H3,(H,24,26);15-16H,10-14H2,1-9H3,(H,23,24);2*8-9,17-18H,3-7,13H2,1-2H3,(H,15,16). The fourth-order valence-electron chi connectivity index (χ4n) is 14.6. The van der Waals surface area contributed by atoms with Crippen LogP contribution in [-0.2, 0) is 37.8 Å². The molecule has 2 saturated heterocycles. The third-order valence-electron chi connectivity index (χ3n) is 21.0. The second kappa shape index (κ2) is 32.1. The first kappa shape index (κ1) is 81.9. The summed E-state index contributed by atoms with van der Waals surface area (Å²) in [5.41, 5.74) is 7.48. The van der Waals surface area contributed by atoms with Crippen LogP contribution in [0.4, 0.5) is 0 Å². The SMILES string of the molecule is CC1CC(CCB2OC(C)(C)C(C)(C)O2)CC(C)(C(=O)NC(C)(C)C)C1.CN(C)C1CC(CCB(O)O)CC(N)(C(=O)O)C1.CN(C)C1CC(CCB(O)O)CC(N)(C(=O)O)C1.CN(C)C1CC(CCB2OC(C)(C)C(C)(C)O2)CC(C)(C(=O)NC(C)(C)C)C1. The van der Waals surface area contributed by atoms with Gasteiger partial charge in [-0.3, -0.25) is 19.2 Å². The second-order valence-corrected chi connectivity index (χ2v) is 34.1. The van der Waals surface area contributed by atoms with Crippen molar-refractivity contribution in [1.29, 1.82) is 0 Å². The van der Waals surface area contributed by atoms with Gasteiger partial charge in [-0.15, -0.1) is 0 Å². The molecule has 12 unspecified atom stereocenters. The number of amides is 2. The highest BCUT2D eigenvalue weighted by atomic mass is 16.7. The molecule has 4 saturated carbocycles. The van der Waals surface area contributed by atoms with Gasteiger partial charge in [0.15, 0.2) is 0 Å². The number of nitrogens with two attached hydrogens (primary N) is 2. The minimum Gasteiger partial charge on any atom is -0.480 e. The van der Waals surface area contributed by atoms with Crippen molar-refractivity contribution in [2.75, 3.05) is 42.3 Å². The fraction of sp³-hybridized carbons (Fsp3) is 0.938. The molecule has 520 valence electrons. The van der Waals surface area contributed by atoms with Gasteiger partial charge in [-0.05, 0) is 271 Å². The van der Waals surface area contributed by atoms with Crippen LogP contribution in [0.1, 0.15) is 220 Å². The van der Waals surface area contributed by atoms with E-state index in [9.17, 15) is 29.4 Å². The Morgan fingerprint density at radius 3 is 1.02 bits per heavy atom. The molecular formula is C65H129B4N7O14. The molecule has 12 atom stereocenters. The van der Waals surface area contributed by atoms with Gasteiger partial charge in [0.25, 0.3) is 0 Å². The van der Waals surface area contributed by atoms with Crippen LogP contribution in [0.3, 0.4) is 0 Å². The summed E-state index contributed by atoms with van der Waals surface area (Å²) in [5.74, 6) is 0.312. The third-order valence-corrected chi connectivity index (χ3v) is 21.0. The van der Waals surface area contributed by atoms with Crippen molar-refractivity contribution in [2.45, 2.75) is 308 Å². The Balaban J connectivity index is 0.000000320. The van der Waals surface area contributed by atoms with Crippen LogP contribution < -0.4 is 22.1 Å². The van der Waals surface area contributed by atoms with Crippen LogP contribution in [-0.4, -0.2) is 202 Å². The van der Waals surface area contributed by atoms with E-state index in [0.717, 1.165) is 70.4 Å². The van der Waals surface area contributed by atoms with E-state index in [0.29, 0.717) is 62.3 Å². The number of carbonyl (C=O) groups is 4. The molecular weight excluding hydrogens is 1150 g/mol. The van der Waals surface area contributed by atoms with Gasteiger partial charge in [-0.2, -0.15) is 0 Å². The van der Waals surface area contributed by atoms with Crippen molar-refractivity contribution < 1.29 is 68.1 Å². The van der Waals surface area contributed by atoms with Gasteiger partial charge in [-0.1, -0.05) is 46.5 Å². The maximum absolute atomic E-state index is 13.1. The zero-order valence-corrected chi connectivity index (χ0v) is 60.5. The number of nitrogens with zero attached hydrogens (tertiary/aromatic N) is 3. The van der Waals surface area contributed by atoms with E-state index < -0.39 is 37.3 Å². The van der Waals surface area contributed by atoms with E-state index >= 15 is 0 Å². The summed E-state index contributed by atoms with van der Waals surface area (Å²) in [6.07, 6.45) is 15.1. The Labute approximate surface area is 546 Å². The van der Waals surface area contributed by atoms with Gasteiger partial charge in [0.05, 0.1) is 22.4 Å². The van der Waals surface area contributed by atoms with Crippen LogP contribution in [0.25, 0.3) is 0 Å². The van der Waals surface area contributed by atoms with Crippen molar-refractivity contribution in [2.24, 2.45) is 51.9 Å². The van der Waals surface area contributed by atoms with Crippen molar-refractivity contribution in [3.63, 3.8) is 0 Å². The predicted molar refractivity (Wildman–Crippen MR) is 362 cm³/mol. The first-order chi connectivity index (χ1) is 40.7. The van der Waals surface area contributed by atoms with E-state index in [-0.39, 0.29) is 107 Å². The molecule has 2 amide bonds. The van der Waals surface area contributed by atoms with E-state index in [1.54, 1.807) is 0 Å². The number of rotatable bonds is 19. The van der Waals surface area contributed by atoms with Gasteiger partial charge < -0.3 is 85.7 Å². The molecule has 6 aliphatic rings. The van der Waals surface area contributed by atoms with Gasteiger partial charge in [0.1, 0.15) is 11.1 Å². The molecule has 6 fully saturated rings. The van der Waals surface area contributed by atoms with Crippen LogP contribution in [0.15, 0.2) is 0 Å². The normalized spacial score (nSPS) is 33.0. The summed E-state index contributed by atoms with van der Waals surface area (Å²) in [6.45, 7) is 35.7.